The molecule has 0 aliphatic carbocycles. The van der Waals surface area contributed by atoms with Gasteiger partial charge in [0.2, 0.25) is 0 Å². The summed E-state index contributed by atoms with van der Waals surface area (Å²) in [6.07, 6.45) is 1.27. The number of halogens is 1. The molecule has 1 saturated heterocycles. The fourth-order valence-electron chi connectivity index (χ4n) is 2.83. The minimum atomic E-state index is -0.602. The number of aryl methyl sites for hydroxylation is 1. The zero-order chi connectivity index (χ0) is 15.0. The van der Waals surface area contributed by atoms with Crippen molar-refractivity contribution in [2.24, 2.45) is 0 Å². The van der Waals surface area contributed by atoms with Gasteiger partial charge in [-0.2, -0.15) is 0 Å². The largest absolute Gasteiger partial charge is 0.469 e. The third-order valence-corrected chi connectivity index (χ3v) is 3.86. The first-order valence-corrected chi connectivity index (χ1v) is 6.85. The van der Waals surface area contributed by atoms with Crippen molar-refractivity contribution in [3.8, 4) is 0 Å². The summed E-state index contributed by atoms with van der Waals surface area (Å²) in [5, 5.41) is 9.91. The molecular weight excluding hydrogens is 273 g/mol. The molecule has 1 amide bonds. The number of rotatable bonds is 2. The molecule has 0 bridgehead atoms. The minimum Gasteiger partial charge on any atom is -0.469 e. The first-order valence-electron chi connectivity index (χ1n) is 6.85. The highest BCUT2D eigenvalue weighted by Crippen LogP contribution is 2.34. The van der Waals surface area contributed by atoms with Crippen LogP contribution < -0.4 is 0 Å². The molecule has 1 aromatic heterocycles. The molecule has 1 fully saturated rings. The second-order valence-corrected chi connectivity index (χ2v) is 5.31. The number of nitrogens with zero attached hydrogens (tertiary/aromatic N) is 1. The van der Waals surface area contributed by atoms with Crippen molar-refractivity contribution in [1.29, 1.82) is 0 Å². The summed E-state index contributed by atoms with van der Waals surface area (Å²) in [5.74, 6) is -0.00720. The number of carbonyl (C=O) groups excluding carboxylic acids is 1. The summed E-state index contributed by atoms with van der Waals surface area (Å²) >= 11 is 0. The Morgan fingerprint density at radius 1 is 1.43 bits per heavy atom. The van der Waals surface area contributed by atoms with E-state index < -0.39 is 6.10 Å². The molecule has 110 valence electrons. The molecule has 3 rings (SSSR count). The van der Waals surface area contributed by atoms with Crippen LogP contribution in [0.25, 0.3) is 0 Å². The van der Waals surface area contributed by atoms with Crippen molar-refractivity contribution in [1.82, 2.24) is 4.90 Å². The number of aliphatic hydroxyl groups is 1. The number of amides is 1. The van der Waals surface area contributed by atoms with Gasteiger partial charge in [-0.1, -0.05) is 12.1 Å². The van der Waals surface area contributed by atoms with Crippen LogP contribution in [0.15, 0.2) is 41.0 Å². The number of carbonyl (C=O) groups is 1. The summed E-state index contributed by atoms with van der Waals surface area (Å²) in [7, 11) is 0. The van der Waals surface area contributed by atoms with Gasteiger partial charge in [0.1, 0.15) is 11.6 Å². The van der Waals surface area contributed by atoms with E-state index in [2.05, 4.69) is 0 Å². The molecule has 1 aliphatic heterocycles. The number of hydrogen-bond acceptors (Lipinski definition) is 3. The Kier molecular flexibility index (Phi) is 3.51. The average molecular weight is 289 g/mol. The Labute approximate surface area is 121 Å². The molecule has 1 N–H and O–H groups in total. The highest BCUT2D eigenvalue weighted by Gasteiger charge is 2.36. The Hall–Kier alpha value is -2.14. The Balaban J connectivity index is 1.93. The SMILES string of the molecule is Cc1occc1C(=O)N1C[C@H](O)C[C@@H]1c1cccc(F)c1. The van der Waals surface area contributed by atoms with Crippen molar-refractivity contribution >= 4 is 5.91 Å². The average Bonchev–Trinajstić information content (AvgIpc) is 3.04. The standard InChI is InChI=1S/C16H16FNO3/c1-10-14(5-6-21-10)16(20)18-9-13(19)8-15(18)11-3-2-4-12(17)7-11/h2-7,13,15,19H,8-9H2,1H3/t13-,15-/m1/s1. The first kappa shape index (κ1) is 13.8. The molecule has 0 spiro atoms. The Morgan fingerprint density at radius 2 is 2.24 bits per heavy atom. The smallest absolute Gasteiger partial charge is 0.257 e. The summed E-state index contributed by atoms with van der Waals surface area (Å²) in [4.78, 5) is 14.2. The molecule has 4 nitrogen and oxygen atoms in total. The van der Waals surface area contributed by atoms with Crippen LogP contribution in [0.2, 0.25) is 0 Å². The number of aliphatic hydroxyl groups excluding tert-OH is 1. The Bertz CT molecular complexity index is 667. The van der Waals surface area contributed by atoms with Crippen molar-refractivity contribution in [2.75, 3.05) is 6.54 Å². The van der Waals surface area contributed by atoms with Crippen molar-refractivity contribution in [2.45, 2.75) is 25.5 Å². The molecule has 2 aromatic rings. The van der Waals surface area contributed by atoms with Gasteiger partial charge in [0.05, 0.1) is 24.0 Å². The predicted molar refractivity (Wildman–Crippen MR) is 74.2 cm³/mol. The third-order valence-electron chi connectivity index (χ3n) is 3.86. The van der Waals surface area contributed by atoms with Crippen LogP contribution in [-0.4, -0.2) is 28.6 Å². The van der Waals surface area contributed by atoms with E-state index in [1.165, 1.54) is 18.4 Å². The van der Waals surface area contributed by atoms with Crippen molar-refractivity contribution in [3.63, 3.8) is 0 Å². The van der Waals surface area contributed by atoms with Gasteiger partial charge in [-0.05, 0) is 37.1 Å². The van der Waals surface area contributed by atoms with E-state index in [-0.39, 0.29) is 24.3 Å². The van der Waals surface area contributed by atoms with E-state index in [1.54, 1.807) is 30.0 Å². The zero-order valence-corrected chi connectivity index (χ0v) is 11.6. The molecule has 21 heavy (non-hydrogen) atoms. The number of benzene rings is 1. The van der Waals surface area contributed by atoms with Gasteiger partial charge >= 0.3 is 0 Å². The van der Waals surface area contributed by atoms with E-state index in [1.807, 2.05) is 0 Å². The minimum absolute atomic E-state index is 0.202. The molecule has 0 saturated carbocycles. The molecule has 2 heterocycles. The van der Waals surface area contributed by atoms with Gasteiger partial charge in [0.15, 0.2) is 0 Å². The monoisotopic (exact) mass is 289 g/mol. The molecular formula is C16H16FNO3. The van der Waals surface area contributed by atoms with Crippen molar-refractivity contribution < 1.29 is 18.7 Å². The van der Waals surface area contributed by atoms with E-state index in [9.17, 15) is 14.3 Å². The number of β-amino-alcohol motifs (C(OH)–C–C–N with tert-alkyl or cyclic N) is 1. The summed E-state index contributed by atoms with van der Waals surface area (Å²) in [6.45, 7) is 1.96. The lowest BCUT2D eigenvalue weighted by Gasteiger charge is -2.24. The first-order chi connectivity index (χ1) is 10.1. The number of furan rings is 1. The number of likely N-dealkylation sites (tertiary alicyclic amines) is 1. The van der Waals surface area contributed by atoms with E-state index in [0.29, 0.717) is 23.3 Å². The van der Waals surface area contributed by atoms with E-state index in [0.717, 1.165) is 0 Å². The molecule has 1 aliphatic rings. The van der Waals surface area contributed by atoms with Crippen LogP contribution in [-0.2, 0) is 0 Å². The molecule has 5 heteroatoms. The molecule has 0 radical (unpaired) electrons. The predicted octanol–water partition coefficient (Wildman–Crippen LogP) is 2.68. The number of hydrogen-bond donors (Lipinski definition) is 1. The van der Waals surface area contributed by atoms with Crippen molar-refractivity contribution in [3.05, 3.63) is 59.3 Å². The lowest BCUT2D eigenvalue weighted by atomic mass is 10.0. The van der Waals surface area contributed by atoms with Crippen LogP contribution in [0.3, 0.4) is 0 Å². The van der Waals surface area contributed by atoms with E-state index in [4.69, 9.17) is 4.42 Å². The van der Waals surface area contributed by atoms with Crippen LogP contribution in [0.5, 0.6) is 0 Å². The molecule has 2 atom stereocenters. The normalized spacial score (nSPS) is 21.8. The fraction of sp³-hybridized carbons (Fsp3) is 0.312. The zero-order valence-electron chi connectivity index (χ0n) is 11.6. The van der Waals surface area contributed by atoms with Crippen LogP contribution in [0.1, 0.15) is 34.1 Å². The van der Waals surface area contributed by atoms with Crippen LogP contribution in [0.4, 0.5) is 4.39 Å². The maximum atomic E-state index is 13.4. The second kappa shape index (κ2) is 5.33. The quantitative estimate of drug-likeness (QED) is 0.924. The van der Waals surface area contributed by atoms with Gasteiger partial charge in [-0.15, -0.1) is 0 Å². The van der Waals surface area contributed by atoms with Crippen LogP contribution >= 0.6 is 0 Å². The van der Waals surface area contributed by atoms with E-state index >= 15 is 0 Å². The van der Waals surface area contributed by atoms with Gasteiger partial charge < -0.3 is 14.4 Å². The molecule has 0 unspecified atom stereocenters. The summed E-state index contributed by atoms with van der Waals surface area (Å²) < 4.78 is 18.6. The Morgan fingerprint density at radius 3 is 2.90 bits per heavy atom. The topological polar surface area (TPSA) is 53.7 Å². The lowest BCUT2D eigenvalue weighted by Crippen LogP contribution is -2.32. The maximum Gasteiger partial charge on any atom is 0.257 e. The highest BCUT2D eigenvalue weighted by atomic mass is 19.1. The van der Waals surface area contributed by atoms with Gasteiger partial charge in [-0.3, -0.25) is 4.79 Å². The summed E-state index contributed by atoms with van der Waals surface area (Å²) in [5.41, 5.74) is 1.17. The van der Waals surface area contributed by atoms with Crippen LogP contribution in [0, 0.1) is 12.7 Å². The molecule has 1 aromatic carbocycles. The maximum absolute atomic E-state index is 13.4. The lowest BCUT2D eigenvalue weighted by molar-refractivity contribution is 0.0714. The van der Waals surface area contributed by atoms with Gasteiger partial charge in [0.25, 0.3) is 5.91 Å². The highest BCUT2D eigenvalue weighted by molar-refractivity contribution is 5.95. The second-order valence-electron chi connectivity index (χ2n) is 5.31. The fourth-order valence-corrected chi connectivity index (χ4v) is 2.83. The summed E-state index contributed by atoms with van der Waals surface area (Å²) in [6, 6.07) is 7.45. The van der Waals surface area contributed by atoms with Gasteiger partial charge in [0, 0.05) is 6.54 Å². The third kappa shape index (κ3) is 2.56. The van der Waals surface area contributed by atoms with Gasteiger partial charge in [-0.25, -0.2) is 4.39 Å².